The van der Waals surface area contributed by atoms with Gasteiger partial charge in [0.25, 0.3) is 0 Å². The van der Waals surface area contributed by atoms with Crippen LogP contribution in [0.2, 0.25) is 5.02 Å². The van der Waals surface area contributed by atoms with Crippen LogP contribution in [0.3, 0.4) is 0 Å². The van der Waals surface area contributed by atoms with E-state index in [9.17, 15) is 4.39 Å². The quantitative estimate of drug-likeness (QED) is 0.300. The molecule has 0 saturated carbocycles. The molecule has 3 aromatic carbocycles. The molecular weight excluding hydrogens is 457 g/mol. The third kappa shape index (κ3) is 4.41. The SMILES string of the molecule is CC1=Nc2c(c(C)nn2-c2cccc(F)c2)C(c2ccc(OCc3ccccc3Cl)cc2)S1. The fourth-order valence-electron chi connectivity index (χ4n) is 3.88. The monoisotopic (exact) mass is 477 g/mol. The first kappa shape index (κ1) is 21.7. The molecule has 0 amide bonds. The summed E-state index contributed by atoms with van der Waals surface area (Å²) in [5.41, 5.74) is 4.65. The van der Waals surface area contributed by atoms with Crippen molar-refractivity contribution in [2.24, 2.45) is 4.99 Å². The van der Waals surface area contributed by atoms with E-state index in [1.807, 2.05) is 56.3 Å². The van der Waals surface area contributed by atoms with Crippen molar-refractivity contribution < 1.29 is 9.13 Å². The molecule has 0 bridgehead atoms. The maximum Gasteiger partial charge on any atom is 0.161 e. The van der Waals surface area contributed by atoms with Gasteiger partial charge in [-0.25, -0.2) is 14.1 Å². The average Bonchev–Trinajstić information content (AvgIpc) is 3.14. The van der Waals surface area contributed by atoms with Gasteiger partial charge in [-0.1, -0.05) is 59.8 Å². The Morgan fingerprint density at radius 3 is 2.58 bits per heavy atom. The number of hydrogen-bond donors (Lipinski definition) is 0. The first-order valence-electron chi connectivity index (χ1n) is 10.5. The molecule has 33 heavy (non-hydrogen) atoms. The van der Waals surface area contributed by atoms with E-state index in [-0.39, 0.29) is 11.1 Å². The number of aryl methyl sites for hydroxylation is 1. The van der Waals surface area contributed by atoms with Crippen molar-refractivity contribution in [3.63, 3.8) is 0 Å². The van der Waals surface area contributed by atoms with Gasteiger partial charge in [0.05, 0.1) is 21.7 Å². The van der Waals surface area contributed by atoms with Crippen LogP contribution in [0.5, 0.6) is 5.75 Å². The summed E-state index contributed by atoms with van der Waals surface area (Å²) in [6.45, 7) is 4.37. The molecule has 1 aliphatic heterocycles. The molecule has 4 aromatic rings. The summed E-state index contributed by atoms with van der Waals surface area (Å²) in [6.07, 6.45) is 0. The summed E-state index contributed by atoms with van der Waals surface area (Å²) in [6, 6.07) is 22.2. The smallest absolute Gasteiger partial charge is 0.161 e. The highest BCUT2D eigenvalue weighted by atomic mass is 35.5. The largest absolute Gasteiger partial charge is 0.489 e. The van der Waals surface area contributed by atoms with E-state index in [4.69, 9.17) is 26.4 Å². The molecule has 7 heteroatoms. The lowest BCUT2D eigenvalue weighted by Crippen LogP contribution is -2.06. The molecular formula is C26H21ClFN3OS. The number of ether oxygens (including phenoxy) is 1. The fraction of sp³-hybridized carbons (Fsp3) is 0.154. The number of aromatic nitrogens is 2. The van der Waals surface area contributed by atoms with Gasteiger partial charge in [0.15, 0.2) is 5.82 Å². The van der Waals surface area contributed by atoms with Gasteiger partial charge in [-0.15, -0.1) is 0 Å². The Morgan fingerprint density at radius 1 is 1.03 bits per heavy atom. The first-order chi connectivity index (χ1) is 16.0. The lowest BCUT2D eigenvalue weighted by molar-refractivity contribution is 0.306. The predicted octanol–water partition coefficient (Wildman–Crippen LogP) is 7.44. The van der Waals surface area contributed by atoms with Crippen LogP contribution >= 0.6 is 23.4 Å². The highest BCUT2D eigenvalue weighted by molar-refractivity contribution is 8.14. The molecule has 2 heterocycles. The van der Waals surface area contributed by atoms with Crippen molar-refractivity contribution in [3.8, 4) is 11.4 Å². The van der Waals surface area contributed by atoms with Crippen LogP contribution in [-0.4, -0.2) is 14.8 Å². The summed E-state index contributed by atoms with van der Waals surface area (Å²) in [4.78, 5) is 4.76. The van der Waals surface area contributed by atoms with Crippen LogP contribution < -0.4 is 4.74 Å². The second-order valence-electron chi connectivity index (χ2n) is 7.79. The van der Waals surface area contributed by atoms with Crippen molar-refractivity contribution in [2.45, 2.75) is 25.7 Å². The van der Waals surface area contributed by atoms with Gasteiger partial charge in [-0.05, 0) is 55.8 Å². The maximum atomic E-state index is 13.8. The Balaban J connectivity index is 1.43. The Kier molecular flexibility index (Phi) is 5.96. The second kappa shape index (κ2) is 9.04. The molecule has 1 atom stereocenters. The van der Waals surface area contributed by atoms with Crippen molar-refractivity contribution in [1.82, 2.24) is 9.78 Å². The van der Waals surface area contributed by atoms with E-state index in [1.54, 1.807) is 22.5 Å². The number of nitrogens with zero attached hydrogens (tertiary/aromatic N) is 3. The zero-order valence-corrected chi connectivity index (χ0v) is 19.7. The maximum absolute atomic E-state index is 13.8. The van der Waals surface area contributed by atoms with E-state index in [2.05, 4.69) is 12.1 Å². The Bertz CT molecular complexity index is 1350. The number of thioether (sulfide) groups is 1. The van der Waals surface area contributed by atoms with Crippen LogP contribution in [0.15, 0.2) is 77.8 Å². The van der Waals surface area contributed by atoms with Gasteiger partial charge in [-0.3, -0.25) is 0 Å². The highest BCUT2D eigenvalue weighted by Gasteiger charge is 2.30. The molecule has 0 N–H and O–H groups in total. The number of fused-ring (bicyclic) bond motifs is 1. The fourth-order valence-corrected chi connectivity index (χ4v) is 5.24. The number of hydrogen-bond acceptors (Lipinski definition) is 4. The summed E-state index contributed by atoms with van der Waals surface area (Å²) < 4.78 is 21.5. The summed E-state index contributed by atoms with van der Waals surface area (Å²) >= 11 is 7.92. The summed E-state index contributed by atoms with van der Waals surface area (Å²) in [5, 5.41) is 6.36. The van der Waals surface area contributed by atoms with Crippen molar-refractivity contribution in [1.29, 1.82) is 0 Å². The van der Waals surface area contributed by atoms with Crippen LogP contribution in [-0.2, 0) is 6.61 Å². The molecule has 0 spiro atoms. The lowest BCUT2D eigenvalue weighted by atomic mass is 10.0. The number of aliphatic imine (C=N–C) groups is 1. The van der Waals surface area contributed by atoms with Gasteiger partial charge < -0.3 is 4.74 Å². The van der Waals surface area contributed by atoms with E-state index < -0.39 is 0 Å². The Labute approximate surface area is 201 Å². The first-order valence-corrected chi connectivity index (χ1v) is 11.8. The summed E-state index contributed by atoms with van der Waals surface area (Å²) in [5.74, 6) is 1.22. The van der Waals surface area contributed by atoms with Gasteiger partial charge in [0.2, 0.25) is 0 Å². The molecule has 4 nitrogen and oxygen atoms in total. The zero-order valence-electron chi connectivity index (χ0n) is 18.1. The number of rotatable bonds is 5. The van der Waals surface area contributed by atoms with E-state index in [0.717, 1.165) is 39.0 Å². The van der Waals surface area contributed by atoms with E-state index in [1.165, 1.54) is 12.1 Å². The topological polar surface area (TPSA) is 39.4 Å². The van der Waals surface area contributed by atoms with Crippen molar-refractivity contribution >= 4 is 34.2 Å². The molecule has 0 aliphatic carbocycles. The average molecular weight is 478 g/mol. The van der Waals surface area contributed by atoms with Crippen molar-refractivity contribution in [3.05, 3.63) is 106 Å². The number of halogens is 2. The summed E-state index contributed by atoms with van der Waals surface area (Å²) in [7, 11) is 0. The Hall–Kier alpha value is -3.09. The zero-order chi connectivity index (χ0) is 22.9. The van der Waals surface area contributed by atoms with Gasteiger partial charge in [0.1, 0.15) is 18.2 Å². The van der Waals surface area contributed by atoms with Gasteiger partial charge in [-0.2, -0.15) is 5.10 Å². The lowest BCUT2D eigenvalue weighted by Gasteiger charge is -2.22. The molecule has 0 saturated heterocycles. The number of benzene rings is 3. The molecule has 1 aromatic heterocycles. The van der Waals surface area contributed by atoms with Crippen molar-refractivity contribution in [2.75, 3.05) is 0 Å². The van der Waals surface area contributed by atoms with Gasteiger partial charge in [0, 0.05) is 16.1 Å². The Morgan fingerprint density at radius 2 is 1.82 bits per heavy atom. The normalized spacial score (nSPS) is 15.2. The van der Waals surface area contributed by atoms with Gasteiger partial charge >= 0.3 is 0 Å². The molecule has 1 aliphatic rings. The highest BCUT2D eigenvalue weighted by Crippen LogP contribution is 2.47. The molecule has 5 rings (SSSR count). The molecule has 0 radical (unpaired) electrons. The van der Waals surface area contributed by atoms with Crippen LogP contribution in [0.4, 0.5) is 10.2 Å². The third-order valence-corrected chi connectivity index (χ3v) is 7.03. The molecule has 1 unspecified atom stereocenters. The minimum atomic E-state index is -0.302. The standard InChI is InChI=1S/C26H21ClFN3OS/c1-16-24-25(18-10-12-22(13-11-18)32-15-19-6-3-4-9-23(19)27)33-17(2)29-26(24)31(30-16)21-8-5-7-20(28)14-21/h3-14,25H,15H2,1-2H3. The van der Waals surface area contributed by atoms with Crippen LogP contribution in [0.1, 0.15) is 34.6 Å². The minimum absolute atomic E-state index is 0.0393. The van der Waals surface area contributed by atoms with Crippen LogP contribution in [0.25, 0.3) is 5.69 Å². The van der Waals surface area contributed by atoms with E-state index in [0.29, 0.717) is 17.3 Å². The second-order valence-corrected chi connectivity index (χ2v) is 9.50. The molecule has 0 fully saturated rings. The van der Waals surface area contributed by atoms with Crippen LogP contribution in [0, 0.1) is 12.7 Å². The molecule has 166 valence electrons. The van der Waals surface area contributed by atoms with E-state index >= 15 is 0 Å². The predicted molar refractivity (Wildman–Crippen MR) is 133 cm³/mol. The minimum Gasteiger partial charge on any atom is -0.489 e. The third-order valence-electron chi connectivity index (χ3n) is 5.48.